The molecule has 146 valence electrons. The van der Waals surface area contributed by atoms with E-state index in [0.717, 1.165) is 10.8 Å². The van der Waals surface area contributed by atoms with Gasteiger partial charge in [-0.3, -0.25) is 9.59 Å². The largest absolute Gasteiger partial charge is 0.481 e. The molecule has 0 spiro atoms. The summed E-state index contributed by atoms with van der Waals surface area (Å²) in [5.41, 5.74) is 0.690. The highest BCUT2D eigenvalue weighted by molar-refractivity contribution is 5.87. The first-order valence-corrected chi connectivity index (χ1v) is 8.61. The van der Waals surface area contributed by atoms with Crippen LogP contribution in [0.1, 0.15) is 45.1 Å². The third-order valence-electron chi connectivity index (χ3n) is 3.66. The van der Waals surface area contributed by atoms with E-state index in [1.54, 1.807) is 43.3 Å². The van der Waals surface area contributed by atoms with E-state index in [-0.39, 0.29) is 19.4 Å². The van der Waals surface area contributed by atoms with Crippen molar-refractivity contribution in [2.45, 2.75) is 39.5 Å². The Balaban J connectivity index is 0.00000176. The van der Waals surface area contributed by atoms with Crippen molar-refractivity contribution in [3.63, 3.8) is 0 Å². The molecule has 1 unspecified atom stereocenters. The molecule has 0 saturated heterocycles. The van der Waals surface area contributed by atoms with Crippen molar-refractivity contribution in [3.05, 3.63) is 52.1 Å². The Bertz CT molecular complexity index is 804. The van der Waals surface area contributed by atoms with Crippen molar-refractivity contribution in [3.8, 4) is 5.75 Å². The van der Waals surface area contributed by atoms with E-state index >= 15 is 0 Å². The van der Waals surface area contributed by atoms with E-state index in [1.807, 2.05) is 13.8 Å². The smallest absolute Gasteiger partial charge is 0.311 e. The zero-order valence-corrected chi connectivity index (χ0v) is 15.5. The maximum absolute atomic E-state index is 11.7. The van der Waals surface area contributed by atoms with E-state index in [9.17, 15) is 19.7 Å². The Morgan fingerprint density at radius 1 is 1.15 bits per heavy atom. The first-order valence-electron chi connectivity index (χ1n) is 8.61. The van der Waals surface area contributed by atoms with Crippen molar-refractivity contribution >= 4 is 22.7 Å². The number of ether oxygens (including phenoxy) is 1. The lowest BCUT2D eigenvalue weighted by atomic mass is 9.98. The lowest BCUT2D eigenvalue weighted by Gasteiger charge is -2.09. The molecule has 0 aliphatic heterocycles. The topological polar surface area (TPSA) is 116 Å². The van der Waals surface area contributed by atoms with Crippen molar-refractivity contribution in [2.24, 2.45) is 0 Å². The molecule has 0 aromatic heterocycles. The number of aliphatic carboxylic acids is 1. The molecule has 1 N–H and O–H groups in total. The Kier molecular flexibility index (Phi) is 8.71. The van der Waals surface area contributed by atoms with Crippen LogP contribution >= 0.6 is 0 Å². The van der Waals surface area contributed by atoms with E-state index in [1.165, 1.54) is 0 Å². The molecule has 0 bridgehead atoms. The van der Waals surface area contributed by atoms with Crippen LogP contribution in [0.2, 0.25) is 0 Å². The molecule has 0 aliphatic carbocycles. The molecule has 0 radical (unpaired) electrons. The highest BCUT2D eigenvalue weighted by Gasteiger charge is 2.14. The van der Waals surface area contributed by atoms with Crippen LogP contribution in [0.3, 0.4) is 0 Å². The summed E-state index contributed by atoms with van der Waals surface area (Å²) in [7, 11) is 0. The molecule has 0 saturated carbocycles. The number of hydrogen-bond donors (Lipinski definition) is 1. The van der Waals surface area contributed by atoms with Crippen LogP contribution in [0.4, 0.5) is 0 Å². The second-order valence-electron chi connectivity index (χ2n) is 5.46. The summed E-state index contributed by atoms with van der Waals surface area (Å²) in [6.07, 6.45) is 0.185. The fraction of sp³-hybridized carbons (Fsp3) is 0.368. The number of benzene rings is 2. The summed E-state index contributed by atoms with van der Waals surface area (Å²) in [5, 5.41) is 19.8. The van der Waals surface area contributed by atoms with Crippen LogP contribution in [0, 0.1) is 10.1 Å². The Hall–Kier alpha value is -3.16. The van der Waals surface area contributed by atoms with Crippen LogP contribution in [-0.4, -0.2) is 28.7 Å². The van der Waals surface area contributed by atoms with Crippen LogP contribution < -0.4 is 4.74 Å². The third-order valence-corrected chi connectivity index (χ3v) is 3.66. The highest BCUT2D eigenvalue weighted by atomic mass is 16.9. The summed E-state index contributed by atoms with van der Waals surface area (Å²) in [5.74, 6) is -1.66. The second kappa shape index (κ2) is 10.7. The van der Waals surface area contributed by atoms with Gasteiger partial charge in [-0.1, -0.05) is 38.1 Å². The highest BCUT2D eigenvalue weighted by Crippen LogP contribution is 2.25. The number of carbonyl (C=O) groups excluding carboxylic acids is 1. The fourth-order valence-corrected chi connectivity index (χ4v) is 2.26. The molecule has 1 atom stereocenters. The van der Waals surface area contributed by atoms with Gasteiger partial charge in [-0.2, -0.15) is 0 Å². The summed E-state index contributed by atoms with van der Waals surface area (Å²) in [4.78, 5) is 36.9. The van der Waals surface area contributed by atoms with Gasteiger partial charge in [0.2, 0.25) is 0 Å². The molecule has 2 rings (SSSR count). The average Bonchev–Trinajstić information content (AvgIpc) is 2.65. The lowest BCUT2D eigenvalue weighted by Crippen LogP contribution is -2.10. The number of esters is 1. The van der Waals surface area contributed by atoms with Gasteiger partial charge in [-0.05, 0) is 41.8 Å². The van der Waals surface area contributed by atoms with Gasteiger partial charge in [0.25, 0.3) is 5.09 Å². The fourth-order valence-electron chi connectivity index (χ4n) is 2.26. The minimum atomic E-state index is -0.909. The molecule has 0 aliphatic rings. The van der Waals surface area contributed by atoms with Crippen LogP contribution in [0.5, 0.6) is 5.75 Å². The summed E-state index contributed by atoms with van der Waals surface area (Å²) in [6, 6.07) is 10.3. The van der Waals surface area contributed by atoms with Crippen molar-refractivity contribution in [1.29, 1.82) is 0 Å². The summed E-state index contributed by atoms with van der Waals surface area (Å²) in [6.45, 7) is 5.45. The van der Waals surface area contributed by atoms with Gasteiger partial charge < -0.3 is 14.7 Å². The molecular weight excluding hydrogens is 354 g/mol. The molecule has 8 nitrogen and oxygen atoms in total. The van der Waals surface area contributed by atoms with E-state index in [0.29, 0.717) is 11.3 Å². The molecule has 2 aromatic carbocycles. The van der Waals surface area contributed by atoms with Gasteiger partial charge in [-0.25, -0.2) is 0 Å². The Labute approximate surface area is 156 Å². The van der Waals surface area contributed by atoms with E-state index in [4.69, 9.17) is 9.84 Å². The number of fused-ring (bicyclic) bond motifs is 1. The number of carboxylic acids is 1. The standard InChI is InChI=1S/C17H17NO7.C2H6/c1-11(17(20)21)12-4-5-14-10-15(7-6-13(14)9-12)25-16(19)3-2-8-24-18(22)23;1-2/h4-7,9-11H,2-3,8H2,1H3,(H,20,21);1-2H3. The van der Waals surface area contributed by atoms with Crippen molar-refractivity contribution in [1.82, 2.24) is 0 Å². The predicted molar refractivity (Wildman–Crippen MR) is 99.2 cm³/mol. The van der Waals surface area contributed by atoms with Gasteiger partial charge in [0.1, 0.15) is 5.75 Å². The first kappa shape index (κ1) is 21.9. The Morgan fingerprint density at radius 2 is 1.78 bits per heavy atom. The van der Waals surface area contributed by atoms with Crippen LogP contribution in [0.25, 0.3) is 10.8 Å². The monoisotopic (exact) mass is 377 g/mol. The zero-order chi connectivity index (χ0) is 20.4. The quantitative estimate of drug-likeness (QED) is 0.243. The molecule has 2 aromatic rings. The van der Waals surface area contributed by atoms with Gasteiger partial charge in [-0.15, -0.1) is 10.1 Å². The molecule has 27 heavy (non-hydrogen) atoms. The van der Waals surface area contributed by atoms with Gasteiger partial charge in [0.05, 0.1) is 12.5 Å². The zero-order valence-electron chi connectivity index (χ0n) is 15.5. The van der Waals surface area contributed by atoms with Crippen molar-refractivity contribution in [2.75, 3.05) is 6.61 Å². The number of carbonyl (C=O) groups is 2. The molecule has 0 heterocycles. The maximum atomic E-state index is 11.7. The normalized spacial score (nSPS) is 11.1. The molecule has 8 heteroatoms. The predicted octanol–water partition coefficient (Wildman–Crippen LogP) is 3.95. The van der Waals surface area contributed by atoms with E-state index < -0.39 is 22.9 Å². The number of rotatable bonds is 8. The van der Waals surface area contributed by atoms with E-state index in [2.05, 4.69) is 4.84 Å². The van der Waals surface area contributed by atoms with Crippen molar-refractivity contribution < 1.29 is 29.4 Å². The van der Waals surface area contributed by atoms with Crippen LogP contribution in [0.15, 0.2) is 36.4 Å². The minimum Gasteiger partial charge on any atom is -0.481 e. The number of carboxylic acid groups (broad SMARTS) is 1. The first-order chi connectivity index (χ1) is 12.9. The summed E-state index contributed by atoms with van der Waals surface area (Å²) >= 11 is 0. The molecule has 0 amide bonds. The van der Waals surface area contributed by atoms with Gasteiger partial charge in [0.15, 0.2) is 0 Å². The third kappa shape index (κ3) is 6.93. The summed E-state index contributed by atoms with van der Waals surface area (Å²) < 4.78 is 5.19. The van der Waals surface area contributed by atoms with Crippen LogP contribution in [-0.2, 0) is 14.4 Å². The molecule has 0 fully saturated rings. The number of nitrogens with zero attached hydrogens (tertiary/aromatic N) is 1. The lowest BCUT2D eigenvalue weighted by molar-refractivity contribution is -0.757. The SMILES string of the molecule is CC.CC(C(=O)O)c1ccc2cc(OC(=O)CCCO[N+](=O)[O-])ccc2c1. The van der Waals surface area contributed by atoms with Gasteiger partial charge in [0, 0.05) is 6.42 Å². The molecular formula is C19H23NO7. The maximum Gasteiger partial charge on any atom is 0.311 e. The minimum absolute atomic E-state index is 0.000934. The Morgan fingerprint density at radius 3 is 2.41 bits per heavy atom. The second-order valence-corrected chi connectivity index (χ2v) is 5.46. The number of hydrogen-bond acceptors (Lipinski definition) is 6. The van der Waals surface area contributed by atoms with Gasteiger partial charge >= 0.3 is 11.9 Å². The average molecular weight is 377 g/mol.